The van der Waals surface area contributed by atoms with Crippen molar-refractivity contribution in [1.29, 1.82) is 0 Å². The molecule has 0 saturated carbocycles. The van der Waals surface area contributed by atoms with Crippen LogP contribution in [0.5, 0.6) is 0 Å². The number of ketones is 1. The number of benzene rings is 1. The number of carbonyl (C=O) groups excluding carboxylic acids is 1. The molecular formula is C11H8BrNO2. The van der Waals surface area contributed by atoms with Crippen molar-refractivity contribution in [2.75, 3.05) is 0 Å². The van der Waals surface area contributed by atoms with Gasteiger partial charge in [-0.1, -0.05) is 33.2 Å². The minimum atomic E-state index is -0.0822. The number of aromatic nitrogens is 1. The van der Waals surface area contributed by atoms with E-state index in [-0.39, 0.29) is 5.78 Å². The normalized spacial score (nSPS) is 10.3. The van der Waals surface area contributed by atoms with E-state index in [0.29, 0.717) is 16.9 Å². The molecule has 0 unspecified atom stereocenters. The quantitative estimate of drug-likeness (QED) is 0.785. The van der Waals surface area contributed by atoms with Gasteiger partial charge in [0.05, 0.1) is 11.8 Å². The zero-order valence-corrected chi connectivity index (χ0v) is 9.61. The summed E-state index contributed by atoms with van der Waals surface area (Å²) in [4.78, 5) is 12.0. The Balaban J connectivity index is 2.46. The van der Waals surface area contributed by atoms with Crippen LogP contribution in [0.2, 0.25) is 0 Å². The lowest BCUT2D eigenvalue weighted by molar-refractivity contribution is 0.103. The lowest BCUT2D eigenvalue weighted by Gasteiger charge is -2.00. The van der Waals surface area contributed by atoms with Gasteiger partial charge < -0.3 is 4.52 Å². The first-order valence-electron chi connectivity index (χ1n) is 4.40. The van der Waals surface area contributed by atoms with Crippen LogP contribution in [0.15, 0.2) is 39.5 Å². The van der Waals surface area contributed by atoms with Crippen molar-refractivity contribution in [1.82, 2.24) is 5.16 Å². The molecule has 0 aliphatic rings. The SMILES string of the molecule is Cc1oncc1C(=O)c1ccccc1Br. The Morgan fingerprint density at radius 3 is 2.67 bits per heavy atom. The van der Waals surface area contributed by atoms with Gasteiger partial charge in [-0.25, -0.2) is 0 Å². The summed E-state index contributed by atoms with van der Waals surface area (Å²) >= 11 is 3.34. The minimum absolute atomic E-state index is 0.0822. The molecule has 0 aliphatic carbocycles. The summed E-state index contributed by atoms with van der Waals surface area (Å²) in [6, 6.07) is 7.27. The highest BCUT2D eigenvalue weighted by atomic mass is 79.9. The summed E-state index contributed by atoms with van der Waals surface area (Å²) < 4.78 is 5.63. The number of halogens is 1. The maximum absolute atomic E-state index is 12.0. The van der Waals surface area contributed by atoms with Gasteiger partial charge in [0, 0.05) is 10.0 Å². The molecule has 4 heteroatoms. The Kier molecular flexibility index (Phi) is 2.68. The van der Waals surface area contributed by atoms with Crippen molar-refractivity contribution < 1.29 is 9.32 Å². The van der Waals surface area contributed by atoms with Crippen molar-refractivity contribution in [2.45, 2.75) is 6.92 Å². The number of aryl methyl sites for hydroxylation is 1. The van der Waals surface area contributed by atoms with Crippen molar-refractivity contribution in [3.8, 4) is 0 Å². The van der Waals surface area contributed by atoms with Crippen molar-refractivity contribution >= 4 is 21.7 Å². The second-order valence-electron chi connectivity index (χ2n) is 3.10. The molecule has 0 fully saturated rings. The maximum atomic E-state index is 12.0. The standard InChI is InChI=1S/C11H8BrNO2/c1-7-9(6-13-15-7)11(14)8-4-2-3-5-10(8)12/h2-6H,1H3. The van der Waals surface area contributed by atoms with Crippen LogP contribution in [0, 0.1) is 6.92 Å². The van der Waals surface area contributed by atoms with Crippen LogP contribution in [0.4, 0.5) is 0 Å². The molecule has 0 radical (unpaired) electrons. The zero-order chi connectivity index (χ0) is 10.8. The second-order valence-corrected chi connectivity index (χ2v) is 3.96. The van der Waals surface area contributed by atoms with Gasteiger partial charge >= 0.3 is 0 Å². The van der Waals surface area contributed by atoms with E-state index in [1.54, 1.807) is 13.0 Å². The van der Waals surface area contributed by atoms with Crippen molar-refractivity contribution in [3.63, 3.8) is 0 Å². The van der Waals surface area contributed by atoms with Crippen molar-refractivity contribution in [3.05, 3.63) is 51.8 Å². The summed E-state index contributed by atoms with van der Waals surface area (Å²) in [5, 5.41) is 3.59. The Labute approximate surface area is 95.2 Å². The van der Waals surface area contributed by atoms with Crippen LogP contribution in [-0.4, -0.2) is 10.9 Å². The lowest BCUT2D eigenvalue weighted by atomic mass is 10.1. The number of rotatable bonds is 2. The average molecular weight is 266 g/mol. The van der Waals surface area contributed by atoms with E-state index in [9.17, 15) is 4.79 Å². The molecule has 0 amide bonds. The van der Waals surface area contributed by atoms with E-state index < -0.39 is 0 Å². The third-order valence-corrected chi connectivity index (χ3v) is 2.81. The molecule has 0 bridgehead atoms. The number of hydrogen-bond acceptors (Lipinski definition) is 3. The molecule has 2 rings (SSSR count). The van der Waals surface area contributed by atoms with Crippen LogP contribution in [-0.2, 0) is 0 Å². The van der Waals surface area contributed by atoms with E-state index in [2.05, 4.69) is 21.1 Å². The van der Waals surface area contributed by atoms with Crippen molar-refractivity contribution in [2.24, 2.45) is 0 Å². The number of hydrogen-bond donors (Lipinski definition) is 0. The highest BCUT2D eigenvalue weighted by Gasteiger charge is 2.16. The maximum Gasteiger partial charge on any atom is 0.199 e. The predicted octanol–water partition coefficient (Wildman–Crippen LogP) is 2.98. The topological polar surface area (TPSA) is 43.1 Å². The Bertz CT molecular complexity index is 505. The van der Waals surface area contributed by atoms with Gasteiger partial charge in [-0.05, 0) is 19.1 Å². The van der Waals surface area contributed by atoms with Gasteiger partial charge in [-0.2, -0.15) is 0 Å². The molecular weight excluding hydrogens is 258 g/mol. The monoisotopic (exact) mass is 265 g/mol. The molecule has 3 nitrogen and oxygen atoms in total. The first-order chi connectivity index (χ1) is 7.20. The molecule has 1 aromatic heterocycles. The first kappa shape index (κ1) is 10.1. The van der Waals surface area contributed by atoms with E-state index in [4.69, 9.17) is 4.52 Å². The highest BCUT2D eigenvalue weighted by Crippen LogP contribution is 2.20. The van der Waals surface area contributed by atoms with Crippen LogP contribution in [0.25, 0.3) is 0 Å². The summed E-state index contributed by atoms with van der Waals surface area (Å²) in [7, 11) is 0. The van der Waals surface area contributed by atoms with E-state index in [1.165, 1.54) is 6.20 Å². The predicted molar refractivity (Wildman–Crippen MR) is 58.8 cm³/mol. The number of carbonyl (C=O) groups is 1. The molecule has 76 valence electrons. The summed E-state index contributed by atoms with van der Waals surface area (Å²) in [5.74, 6) is 0.456. The fourth-order valence-electron chi connectivity index (χ4n) is 1.31. The van der Waals surface area contributed by atoms with E-state index in [1.807, 2.05) is 18.2 Å². The second kappa shape index (κ2) is 3.98. The van der Waals surface area contributed by atoms with Crippen LogP contribution in [0.1, 0.15) is 21.7 Å². The zero-order valence-electron chi connectivity index (χ0n) is 8.03. The average Bonchev–Trinajstić information content (AvgIpc) is 2.64. The van der Waals surface area contributed by atoms with Gasteiger partial charge in [0.15, 0.2) is 5.78 Å². The summed E-state index contributed by atoms with van der Waals surface area (Å²) in [5.41, 5.74) is 1.12. The first-order valence-corrected chi connectivity index (χ1v) is 5.20. The van der Waals surface area contributed by atoms with Gasteiger partial charge in [-0.15, -0.1) is 0 Å². The molecule has 0 N–H and O–H groups in total. The Morgan fingerprint density at radius 1 is 1.33 bits per heavy atom. The van der Waals surface area contributed by atoms with Gasteiger partial charge in [0.2, 0.25) is 0 Å². The van der Waals surface area contributed by atoms with Gasteiger partial charge in [-0.3, -0.25) is 4.79 Å². The highest BCUT2D eigenvalue weighted by molar-refractivity contribution is 9.10. The smallest absolute Gasteiger partial charge is 0.199 e. The molecule has 2 aromatic rings. The molecule has 0 saturated heterocycles. The summed E-state index contributed by atoms with van der Waals surface area (Å²) in [6.07, 6.45) is 1.44. The van der Waals surface area contributed by atoms with Crippen LogP contribution < -0.4 is 0 Å². The van der Waals surface area contributed by atoms with Gasteiger partial charge in [0.25, 0.3) is 0 Å². The van der Waals surface area contributed by atoms with E-state index >= 15 is 0 Å². The minimum Gasteiger partial charge on any atom is -0.361 e. The molecule has 0 aliphatic heterocycles. The van der Waals surface area contributed by atoms with Crippen LogP contribution in [0.3, 0.4) is 0 Å². The lowest BCUT2D eigenvalue weighted by Crippen LogP contribution is -2.02. The molecule has 15 heavy (non-hydrogen) atoms. The van der Waals surface area contributed by atoms with E-state index in [0.717, 1.165) is 4.47 Å². The fraction of sp³-hybridized carbons (Fsp3) is 0.0909. The Morgan fingerprint density at radius 2 is 2.07 bits per heavy atom. The molecule has 0 spiro atoms. The number of nitrogens with zero attached hydrogens (tertiary/aromatic N) is 1. The molecule has 1 heterocycles. The van der Waals surface area contributed by atoms with Gasteiger partial charge in [0.1, 0.15) is 5.76 Å². The summed E-state index contributed by atoms with van der Waals surface area (Å²) in [6.45, 7) is 1.72. The molecule has 0 atom stereocenters. The Hall–Kier alpha value is -1.42. The fourth-order valence-corrected chi connectivity index (χ4v) is 1.77. The largest absolute Gasteiger partial charge is 0.361 e. The van der Waals surface area contributed by atoms with Crippen LogP contribution >= 0.6 is 15.9 Å². The third kappa shape index (κ3) is 1.85. The molecule has 1 aromatic carbocycles. The third-order valence-electron chi connectivity index (χ3n) is 2.11.